The van der Waals surface area contributed by atoms with Crippen LogP contribution in [0.3, 0.4) is 0 Å². The van der Waals surface area contributed by atoms with Crippen molar-refractivity contribution in [2.45, 2.75) is 19.9 Å². The summed E-state index contributed by atoms with van der Waals surface area (Å²) in [7, 11) is 3.09. The van der Waals surface area contributed by atoms with Gasteiger partial charge in [-0.1, -0.05) is 34.8 Å². The quantitative estimate of drug-likeness (QED) is 0.497. The van der Waals surface area contributed by atoms with Crippen molar-refractivity contribution < 1.29 is 14.2 Å². The number of rotatable bonds is 3. The van der Waals surface area contributed by atoms with Crippen LogP contribution in [0.25, 0.3) is 0 Å². The Morgan fingerprint density at radius 2 is 1.92 bits per heavy atom. The van der Waals surface area contributed by atoms with E-state index in [4.69, 9.17) is 0 Å². The maximum absolute atomic E-state index is 12.5. The van der Waals surface area contributed by atoms with E-state index in [1.54, 1.807) is 17.8 Å². The second kappa shape index (κ2) is 6.46. The summed E-state index contributed by atoms with van der Waals surface area (Å²) in [5.74, 6) is 0.583. The van der Waals surface area contributed by atoms with E-state index in [9.17, 15) is 9.59 Å². The number of hydrazone groups is 1. The summed E-state index contributed by atoms with van der Waals surface area (Å²) in [6.07, 6.45) is 1.69. The number of fused-ring (bicyclic) bond motifs is 1. The SMILES string of the molecule is CC[N+]1=C(N/N=C/c2ccc(C)cc2)N=C2C1C(=O)N(C)C(=O)N2C. The van der Waals surface area contributed by atoms with Gasteiger partial charge in [0.25, 0.3) is 5.91 Å². The predicted molar refractivity (Wildman–Crippen MR) is 94.9 cm³/mol. The number of carbonyl (C=O) groups is 2. The summed E-state index contributed by atoms with van der Waals surface area (Å²) in [5.41, 5.74) is 5.02. The summed E-state index contributed by atoms with van der Waals surface area (Å²) < 4.78 is 1.80. The first kappa shape index (κ1) is 16.8. The summed E-state index contributed by atoms with van der Waals surface area (Å²) >= 11 is 0. The van der Waals surface area contributed by atoms with Gasteiger partial charge in [0.1, 0.15) is 0 Å². The zero-order valence-electron chi connectivity index (χ0n) is 14.7. The van der Waals surface area contributed by atoms with Crippen LogP contribution in [0, 0.1) is 6.92 Å². The van der Waals surface area contributed by atoms with Crippen molar-refractivity contribution in [2.75, 3.05) is 20.6 Å². The number of nitrogens with one attached hydrogen (secondary N) is 1. The lowest BCUT2D eigenvalue weighted by atomic mass is 10.1. The van der Waals surface area contributed by atoms with Crippen LogP contribution in [0.15, 0.2) is 34.4 Å². The first-order chi connectivity index (χ1) is 11.9. The Labute approximate surface area is 146 Å². The molecule has 1 aromatic rings. The number of likely N-dealkylation sites (N-methyl/N-ethyl adjacent to an activating group) is 3. The highest BCUT2D eigenvalue weighted by molar-refractivity contribution is 6.22. The number of imide groups is 1. The van der Waals surface area contributed by atoms with E-state index in [1.807, 2.05) is 38.1 Å². The molecule has 1 aromatic carbocycles. The summed E-state index contributed by atoms with van der Waals surface area (Å²) in [6, 6.07) is 6.95. The van der Waals surface area contributed by atoms with Crippen molar-refractivity contribution in [1.82, 2.24) is 15.2 Å². The van der Waals surface area contributed by atoms with Gasteiger partial charge >= 0.3 is 12.0 Å². The number of nitrogens with zero attached hydrogens (tertiary/aromatic N) is 5. The monoisotopic (exact) mass is 341 g/mol. The molecular weight excluding hydrogens is 320 g/mol. The van der Waals surface area contributed by atoms with E-state index in [0.29, 0.717) is 18.3 Å². The molecule has 3 rings (SSSR count). The Morgan fingerprint density at radius 1 is 1.24 bits per heavy atom. The molecule has 0 spiro atoms. The Morgan fingerprint density at radius 3 is 2.56 bits per heavy atom. The minimum absolute atomic E-state index is 0.289. The van der Waals surface area contributed by atoms with Gasteiger partial charge in [0, 0.05) is 14.1 Å². The van der Waals surface area contributed by atoms with E-state index in [-0.39, 0.29) is 11.9 Å². The fourth-order valence-corrected chi connectivity index (χ4v) is 2.84. The van der Waals surface area contributed by atoms with Crippen LogP contribution in [-0.4, -0.2) is 71.0 Å². The lowest BCUT2D eigenvalue weighted by molar-refractivity contribution is -0.533. The molecule has 2 aliphatic heterocycles. The average Bonchev–Trinajstić information content (AvgIpc) is 2.98. The molecular formula is C17H21N6O2+. The summed E-state index contributed by atoms with van der Waals surface area (Å²) in [4.78, 5) is 31.5. The maximum atomic E-state index is 12.5. The van der Waals surface area contributed by atoms with Crippen molar-refractivity contribution in [1.29, 1.82) is 0 Å². The van der Waals surface area contributed by atoms with Gasteiger partial charge in [-0.25, -0.2) is 9.37 Å². The van der Waals surface area contributed by atoms with Crippen LogP contribution in [0.1, 0.15) is 18.1 Å². The largest absolute Gasteiger partial charge is 0.413 e. The molecule has 2 aliphatic rings. The number of urea groups is 1. The molecule has 25 heavy (non-hydrogen) atoms. The van der Waals surface area contributed by atoms with E-state index < -0.39 is 6.04 Å². The lowest BCUT2D eigenvalue weighted by Gasteiger charge is -2.31. The molecule has 0 aromatic heterocycles. The first-order valence-corrected chi connectivity index (χ1v) is 8.07. The van der Waals surface area contributed by atoms with E-state index in [1.165, 1.54) is 17.5 Å². The number of guanidine groups is 1. The van der Waals surface area contributed by atoms with Gasteiger partial charge in [0.2, 0.25) is 11.9 Å². The third-order valence-electron chi connectivity index (χ3n) is 4.33. The third kappa shape index (κ3) is 2.90. The van der Waals surface area contributed by atoms with Gasteiger partial charge in [0.15, 0.2) is 0 Å². The number of aliphatic imine (C=N–C) groups is 1. The molecule has 0 saturated carbocycles. The first-order valence-electron chi connectivity index (χ1n) is 8.07. The molecule has 1 N–H and O–H groups in total. The third-order valence-corrected chi connectivity index (χ3v) is 4.33. The number of benzene rings is 1. The Hall–Kier alpha value is -3.03. The smallest absolute Gasteiger partial charge is 0.270 e. The van der Waals surface area contributed by atoms with Crippen molar-refractivity contribution in [3.05, 3.63) is 35.4 Å². The minimum Gasteiger partial charge on any atom is -0.270 e. The zero-order chi connectivity index (χ0) is 18.1. The van der Waals surface area contributed by atoms with Crippen molar-refractivity contribution in [2.24, 2.45) is 10.1 Å². The molecule has 130 valence electrons. The topological polar surface area (TPSA) is 80.4 Å². The van der Waals surface area contributed by atoms with Crippen LogP contribution < -0.4 is 5.43 Å². The Bertz CT molecular complexity index is 809. The van der Waals surface area contributed by atoms with Gasteiger partial charge in [-0.05, 0) is 19.4 Å². The number of carbonyl (C=O) groups excluding carboxylic acids is 2. The number of hydrogen-bond donors (Lipinski definition) is 1. The maximum Gasteiger partial charge on any atom is 0.413 e. The predicted octanol–water partition coefficient (Wildman–Crippen LogP) is 0.611. The van der Waals surface area contributed by atoms with Crippen molar-refractivity contribution in [3.8, 4) is 0 Å². The fourth-order valence-electron chi connectivity index (χ4n) is 2.84. The second-order valence-electron chi connectivity index (χ2n) is 6.00. The molecule has 3 amide bonds. The van der Waals surface area contributed by atoms with Crippen molar-refractivity contribution >= 4 is 29.9 Å². The molecule has 8 heteroatoms. The van der Waals surface area contributed by atoms with Crippen LogP contribution in [0.2, 0.25) is 0 Å². The molecule has 8 nitrogen and oxygen atoms in total. The highest BCUT2D eigenvalue weighted by atomic mass is 16.2. The van der Waals surface area contributed by atoms with Crippen molar-refractivity contribution in [3.63, 3.8) is 0 Å². The van der Waals surface area contributed by atoms with Gasteiger partial charge in [-0.15, -0.1) is 5.10 Å². The summed E-state index contributed by atoms with van der Waals surface area (Å²) in [5, 5.41) is 4.21. The van der Waals surface area contributed by atoms with Crippen LogP contribution in [0.5, 0.6) is 0 Å². The molecule has 1 unspecified atom stereocenters. The zero-order valence-corrected chi connectivity index (χ0v) is 14.7. The molecule has 0 bridgehead atoms. The second-order valence-corrected chi connectivity index (χ2v) is 6.00. The molecule has 1 saturated heterocycles. The standard InChI is InChI=1S/C17H20N6O2/c1-5-23-13-14(21(3)17(25)22(4)15(13)24)19-16(23)20-18-10-12-8-6-11(2)7-9-12/h6-10,13H,5H2,1-4H3/p+1/b18-10+. The van der Waals surface area contributed by atoms with Gasteiger partial charge in [0.05, 0.1) is 12.8 Å². The number of aryl methyl sites for hydroxylation is 1. The van der Waals surface area contributed by atoms with E-state index in [0.717, 1.165) is 10.5 Å². The van der Waals surface area contributed by atoms with Gasteiger partial charge in [-0.3, -0.25) is 14.6 Å². The lowest BCUT2D eigenvalue weighted by Crippen LogP contribution is -2.61. The molecule has 0 radical (unpaired) electrons. The van der Waals surface area contributed by atoms with E-state index >= 15 is 0 Å². The molecule has 0 aliphatic carbocycles. The van der Waals surface area contributed by atoms with E-state index in [2.05, 4.69) is 15.5 Å². The van der Waals surface area contributed by atoms with Gasteiger partial charge in [-0.2, -0.15) is 5.43 Å². The number of amidine groups is 1. The highest BCUT2D eigenvalue weighted by Gasteiger charge is 2.50. The molecule has 2 heterocycles. The fraction of sp³-hybridized carbons (Fsp3) is 0.353. The molecule has 1 atom stereocenters. The highest BCUT2D eigenvalue weighted by Crippen LogP contribution is 2.18. The number of hydrogen-bond acceptors (Lipinski definition) is 5. The normalized spacial score (nSPS) is 20.5. The Kier molecular flexibility index (Phi) is 4.35. The average molecular weight is 341 g/mol. The van der Waals surface area contributed by atoms with Crippen LogP contribution in [-0.2, 0) is 4.79 Å². The number of amides is 3. The Balaban J connectivity index is 1.84. The van der Waals surface area contributed by atoms with Crippen LogP contribution in [0.4, 0.5) is 4.79 Å². The summed E-state index contributed by atoms with van der Waals surface area (Å²) in [6.45, 7) is 4.51. The van der Waals surface area contributed by atoms with Crippen LogP contribution >= 0.6 is 0 Å². The van der Waals surface area contributed by atoms with Gasteiger partial charge < -0.3 is 0 Å². The molecule has 1 fully saturated rings. The minimum atomic E-state index is -0.602.